The van der Waals surface area contributed by atoms with Crippen LogP contribution in [0.5, 0.6) is 0 Å². The second kappa shape index (κ2) is 5.87. The van der Waals surface area contributed by atoms with Gasteiger partial charge in [0.25, 0.3) is 0 Å². The summed E-state index contributed by atoms with van der Waals surface area (Å²) in [7, 11) is 1.93. The highest BCUT2D eigenvalue weighted by Gasteiger charge is 2.10. The molecule has 0 N–H and O–H groups in total. The molecule has 2 rings (SSSR count). The van der Waals surface area contributed by atoms with Gasteiger partial charge in [0.05, 0.1) is 16.9 Å². The number of benzene rings is 1. The molecule has 2 nitrogen and oxygen atoms in total. The van der Waals surface area contributed by atoms with Crippen LogP contribution in [0.15, 0.2) is 24.4 Å². The van der Waals surface area contributed by atoms with E-state index in [-0.39, 0.29) is 0 Å². The molecule has 0 amide bonds. The molecule has 0 aliphatic rings. The van der Waals surface area contributed by atoms with Crippen LogP contribution >= 0.6 is 11.6 Å². The van der Waals surface area contributed by atoms with Crippen LogP contribution in [0, 0.1) is 13.8 Å². The standard InChI is InChI=1S/C12H13ClN2.C2H6/c1-8-4-5-10(11(13)6-8)12-9(2)7-14-15(12)3;1-2/h4-7H,1-3H3;1-2H3. The van der Waals surface area contributed by atoms with Crippen LogP contribution in [0.2, 0.25) is 5.02 Å². The molecule has 0 saturated carbocycles. The summed E-state index contributed by atoms with van der Waals surface area (Å²) in [4.78, 5) is 0. The molecule has 3 heteroatoms. The Labute approximate surface area is 108 Å². The molecule has 1 aromatic carbocycles. The number of nitrogens with zero attached hydrogens (tertiary/aromatic N) is 2. The van der Waals surface area contributed by atoms with Crippen LogP contribution in [-0.2, 0) is 7.05 Å². The van der Waals surface area contributed by atoms with E-state index >= 15 is 0 Å². The lowest BCUT2D eigenvalue weighted by molar-refractivity contribution is 0.775. The molecule has 2 aromatic rings. The van der Waals surface area contributed by atoms with Crippen molar-refractivity contribution >= 4 is 11.6 Å². The average molecular weight is 251 g/mol. The van der Waals surface area contributed by atoms with E-state index in [4.69, 9.17) is 11.6 Å². The Morgan fingerprint density at radius 2 is 1.82 bits per heavy atom. The third-order valence-electron chi connectivity index (χ3n) is 2.50. The van der Waals surface area contributed by atoms with Crippen molar-refractivity contribution in [2.24, 2.45) is 7.05 Å². The molecule has 1 aromatic heterocycles. The number of aromatic nitrogens is 2. The number of hydrogen-bond acceptors (Lipinski definition) is 1. The van der Waals surface area contributed by atoms with Gasteiger partial charge in [-0.25, -0.2) is 0 Å². The van der Waals surface area contributed by atoms with Gasteiger partial charge >= 0.3 is 0 Å². The first kappa shape index (κ1) is 13.8. The Bertz CT molecular complexity index is 481. The van der Waals surface area contributed by atoms with Crippen LogP contribution in [0.1, 0.15) is 25.0 Å². The highest BCUT2D eigenvalue weighted by Crippen LogP contribution is 2.30. The van der Waals surface area contributed by atoms with Crippen molar-refractivity contribution in [2.45, 2.75) is 27.7 Å². The molecule has 0 fully saturated rings. The summed E-state index contributed by atoms with van der Waals surface area (Å²) in [6, 6.07) is 6.08. The second-order valence-electron chi connectivity index (χ2n) is 3.78. The van der Waals surface area contributed by atoms with Crippen molar-refractivity contribution in [3.05, 3.63) is 40.5 Å². The molecular weight excluding hydrogens is 232 g/mol. The molecule has 0 radical (unpaired) electrons. The van der Waals surface area contributed by atoms with E-state index in [9.17, 15) is 0 Å². The minimum atomic E-state index is 0.779. The fourth-order valence-electron chi connectivity index (χ4n) is 1.75. The molecule has 17 heavy (non-hydrogen) atoms. The molecular formula is C14H19ClN2. The van der Waals surface area contributed by atoms with Gasteiger partial charge in [-0.1, -0.05) is 37.6 Å². The number of aryl methyl sites for hydroxylation is 3. The van der Waals surface area contributed by atoms with Crippen molar-refractivity contribution in [1.82, 2.24) is 9.78 Å². The molecule has 92 valence electrons. The van der Waals surface area contributed by atoms with Crippen LogP contribution in [0.25, 0.3) is 11.3 Å². The smallest absolute Gasteiger partial charge is 0.0723 e. The Morgan fingerprint density at radius 1 is 1.18 bits per heavy atom. The van der Waals surface area contributed by atoms with Crippen LogP contribution < -0.4 is 0 Å². The van der Waals surface area contributed by atoms with E-state index < -0.39 is 0 Å². The van der Waals surface area contributed by atoms with Gasteiger partial charge in [0.15, 0.2) is 0 Å². The summed E-state index contributed by atoms with van der Waals surface area (Å²) in [5.41, 5.74) is 4.44. The van der Waals surface area contributed by atoms with E-state index in [1.54, 1.807) is 0 Å². The summed E-state index contributed by atoms with van der Waals surface area (Å²) in [6.45, 7) is 8.07. The Hall–Kier alpha value is -1.28. The van der Waals surface area contributed by atoms with E-state index in [1.165, 1.54) is 5.56 Å². The van der Waals surface area contributed by atoms with Crippen molar-refractivity contribution in [3.8, 4) is 11.3 Å². The highest BCUT2D eigenvalue weighted by atomic mass is 35.5. The maximum atomic E-state index is 6.22. The lowest BCUT2D eigenvalue weighted by Crippen LogP contribution is -1.95. The monoisotopic (exact) mass is 250 g/mol. The van der Waals surface area contributed by atoms with Crippen LogP contribution in [0.4, 0.5) is 0 Å². The Morgan fingerprint density at radius 3 is 2.29 bits per heavy atom. The highest BCUT2D eigenvalue weighted by molar-refractivity contribution is 6.33. The number of rotatable bonds is 1. The fourth-order valence-corrected chi connectivity index (χ4v) is 2.07. The summed E-state index contributed by atoms with van der Waals surface area (Å²) in [6.07, 6.45) is 1.85. The first-order valence-electron chi connectivity index (χ1n) is 5.84. The third kappa shape index (κ3) is 2.89. The first-order valence-corrected chi connectivity index (χ1v) is 6.22. The minimum Gasteiger partial charge on any atom is -0.268 e. The van der Waals surface area contributed by atoms with Gasteiger partial charge in [0, 0.05) is 12.6 Å². The quantitative estimate of drug-likeness (QED) is 0.734. The number of halogens is 1. The van der Waals surface area contributed by atoms with Gasteiger partial charge in [-0.2, -0.15) is 5.10 Å². The van der Waals surface area contributed by atoms with E-state index in [0.29, 0.717) is 0 Å². The zero-order chi connectivity index (χ0) is 13.0. The van der Waals surface area contributed by atoms with Gasteiger partial charge in [0.2, 0.25) is 0 Å². The van der Waals surface area contributed by atoms with E-state index in [2.05, 4.69) is 11.2 Å². The Kier molecular flexibility index (Phi) is 4.76. The third-order valence-corrected chi connectivity index (χ3v) is 2.81. The predicted molar refractivity (Wildman–Crippen MR) is 74.5 cm³/mol. The lowest BCUT2D eigenvalue weighted by atomic mass is 10.1. The normalized spacial score (nSPS) is 9.76. The molecule has 0 aliphatic heterocycles. The Balaban J connectivity index is 0.000000686. The zero-order valence-corrected chi connectivity index (χ0v) is 11.8. The maximum absolute atomic E-state index is 6.22. The predicted octanol–water partition coefficient (Wildman–Crippen LogP) is 4.38. The second-order valence-corrected chi connectivity index (χ2v) is 4.19. The van der Waals surface area contributed by atoms with Crippen molar-refractivity contribution in [2.75, 3.05) is 0 Å². The molecule has 0 saturated heterocycles. The SMILES string of the molecule is CC.Cc1ccc(-c2c(C)cnn2C)c(Cl)c1. The van der Waals surface area contributed by atoms with Gasteiger partial charge in [0.1, 0.15) is 0 Å². The van der Waals surface area contributed by atoms with Crippen molar-refractivity contribution in [3.63, 3.8) is 0 Å². The minimum absolute atomic E-state index is 0.779. The van der Waals surface area contributed by atoms with Gasteiger partial charge < -0.3 is 0 Å². The summed E-state index contributed by atoms with van der Waals surface area (Å²) in [5, 5.41) is 4.99. The fraction of sp³-hybridized carbons (Fsp3) is 0.357. The molecule has 0 unspecified atom stereocenters. The first-order chi connectivity index (χ1) is 8.09. The molecule has 0 aliphatic carbocycles. The summed E-state index contributed by atoms with van der Waals surface area (Å²) < 4.78 is 1.85. The van der Waals surface area contributed by atoms with Gasteiger partial charge in [-0.15, -0.1) is 0 Å². The molecule has 0 bridgehead atoms. The largest absolute Gasteiger partial charge is 0.268 e. The van der Waals surface area contributed by atoms with Crippen molar-refractivity contribution < 1.29 is 0 Å². The average Bonchev–Trinajstić information content (AvgIpc) is 2.63. The lowest BCUT2D eigenvalue weighted by Gasteiger charge is -2.07. The molecule has 0 atom stereocenters. The molecule has 1 heterocycles. The zero-order valence-electron chi connectivity index (χ0n) is 11.1. The van der Waals surface area contributed by atoms with E-state index in [0.717, 1.165) is 21.8 Å². The summed E-state index contributed by atoms with van der Waals surface area (Å²) in [5.74, 6) is 0. The molecule has 0 spiro atoms. The van der Waals surface area contributed by atoms with E-state index in [1.807, 2.05) is 57.8 Å². The number of hydrogen-bond donors (Lipinski definition) is 0. The topological polar surface area (TPSA) is 17.8 Å². The maximum Gasteiger partial charge on any atom is 0.0723 e. The van der Waals surface area contributed by atoms with Crippen LogP contribution in [-0.4, -0.2) is 9.78 Å². The van der Waals surface area contributed by atoms with Gasteiger partial charge in [-0.3, -0.25) is 4.68 Å². The van der Waals surface area contributed by atoms with Gasteiger partial charge in [-0.05, 0) is 31.0 Å². The summed E-state index contributed by atoms with van der Waals surface area (Å²) >= 11 is 6.22. The van der Waals surface area contributed by atoms with Crippen molar-refractivity contribution in [1.29, 1.82) is 0 Å². The van der Waals surface area contributed by atoms with Crippen LogP contribution in [0.3, 0.4) is 0 Å².